The molecule has 2 unspecified atom stereocenters. The summed E-state index contributed by atoms with van der Waals surface area (Å²) < 4.78 is 0. The van der Waals surface area contributed by atoms with Crippen molar-refractivity contribution in [3.8, 4) is 0 Å². The lowest BCUT2D eigenvalue weighted by molar-refractivity contribution is -0.149. The molecule has 0 spiro atoms. The summed E-state index contributed by atoms with van der Waals surface area (Å²) in [6.45, 7) is 5.80. The maximum absolute atomic E-state index is 11.7. The van der Waals surface area contributed by atoms with E-state index in [1.165, 1.54) is 13.8 Å². The van der Waals surface area contributed by atoms with Crippen LogP contribution in [0.1, 0.15) is 47.0 Å². The summed E-state index contributed by atoms with van der Waals surface area (Å²) in [6, 6.07) is 0. The van der Waals surface area contributed by atoms with Crippen LogP contribution in [-0.4, -0.2) is 40.5 Å². The molecular weight excluding hydrogens is 278 g/mol. The summed E-state index contributed by atoms with van der Waals surface area (Å²) >= 11 is 0. The lowest BCUT2D eigenvalue weighted by atomic mass is 9.97. The quantitative estimate of drug-likeness (QED) is 0.459. The van der Waals surface area contributed by atoms with E-state index in [2.05, 4.69) is 16.0 Å². The van der Waals surface area contributed by atoms with Crippen LogP contribution >= 0.6 is 0 Å². The Hall–Kier alpha value is -2.12. The number of hydrogen-bond acceptors (Lipinski definition) is 4. The van der Waals surface area contributed by atoms with E-state index in [-0.39, 0.29) is 12.8 Å². The maximum atomic E-state index is 11.7. The smallest absolute Gasteiger partial charge is 0.333 e. The van der Waals surface area contributed by atoms with E-state index in [0.717, 1.165) is 0 Å². The van der Waals surface area contributed by atoms with Gasteiger partial charge < -0.3 is 21.1 Å². The van der Waals surface area contributed by atoms with Crippen LogP contribution in [-0.2, 0) is 19.2 Å². The molecule has 0 aromatic carbocycles. The van der Waals surface area contributed by atoms with Crippen LogP contribution in [0.5, 0.6) is 0 Å². The summed E-state index contributed by atoms with van der Waals surface area (Å²) in [4.78, 5) is 46.0. The molecule has 0 saturated heterocycles. The number of aliphatic carboxylic acids is 1. The molecule has 0 aromatic rings. The van der Waals surface area contributed by atoms with E-state index >= 15 is 0 Å². The molecule has 0 heterocycles. The molecule has 4 N–H and O–H groups in total. The van der Waals surface area contributed by atoms with Crippen molar-refractivity contribution < 1.29 is 24.3 Å². The first kappa shape index (κ1) is 18.9. The molecule has 3 amide bonds. The number of carbonyl (C=O) groups is 4. The molecule has 0 rings (SSSR count). The Bertz CT molecular complexity index is 424. The van der Waals surface area contributed by atoms with Crippen LogP contribution in [0.25, 0.3) is 0 Å². The summed E-state index contributed by atoms with van der Waals surface area (Å²) in [7, 11) is 0. The van der Waals surface area contributed by atoms with Gasteiger partial charge in [-0.05, 0) is 13.3 Å². The van der Waals surface area contributed by atoms with Crippen molar-refractivity contribution in [3.05, 3.63) is 0 Å². The zero-order valence-electron chi connectivity index (χ0n) is 12.8. The largest absolute Gasteiger partial charge is 0.479 e. The fraction of sp³-hybridized carbons (Fsp3) is 0.692. The van der Waals surface area contributed by atoms with Gasteiger partial charge in [-0.25, -0.2) is 4.79 Å². The molecule has 0 fully saturated rings. The molecule has 8 heteroatoms. The van der Waals surface area contributed by atoms with Crippen LogP contribution in [0.4, 0.5) is 0 Å². The molecule has 21 heavy (non-hydrogen) atoms. The van der Waals surface area contributed by atoms with Crippen molar-refractivity contribution in [1.82, 2.24) is 16.0 Å². The van der Waals surface area contributed by atoms with Gasteiger partial charge in [0.1, 0.15) is 6.17 Å². The van der Waals surface area contributed by atoms with E-state index in [0.29, 0.717) is 6.42 Å². The van der Waals surface area contributed by atoms with E-state index in [4.69, 9.17) is 0 Å². The first-order valence-corrected chi connectivity index (χ1v) is 6.78. The summed E-state index contributed by atoms with van der Waals surface area (Å²) in [6.07, 6.45) is -0.430. The average Bonchev–Trinajstić information content (AvgIpc) is 2.36. The number of carboxylic acid groups (broad SMARTS) is 1. The van der Waals surface area contributed by atoms with Crippen molar-refractivity contribution in [2.24, 2.45) is 0 Å². The third-order valence-electron chi connectivity index (χ3n) is 2.87. The van der Waals surface area contributed by atoms with Crippen LogP contribution in [0, 0.1) is 0 Å². The predicted molar refractivity (Wildman–Crippen MR) is 75.1 cm³/mol. The van der Waals surface area contributed by atoms with Crippen molar-refractivity contribution in [3.63, 3.8) is 0 Å². The first-order valence-electron chi connectivity index (χ1n) is 6.78. The average molecular weight is 301 g/mol. The minimum absolute atomic E-state index is 0.120. The molecular formula is C13H23N3O5. The Morgan fingerprint density at radius 1 is 1.10 bits per heavy atom. The Morgan fingerprint density at radius 3 is 2.05 bits per heavy atom. The molecule has 0 aliphatic heterocycles. The number of amides is 3. The highest BCUT2D eigenvalue weighted by molar-refractivity contribution is 5.89. The van der Waals surface area contributed by atoms with Gasteiger partial charge in [-0.3, -0.25) is 14.4 Å². The standard InChI is InChI=1S/C13H23N3O5/c1-5-7-10(19)16-13(4,12(20)21)11(14-8(3)17)15-9(18)6-2/h11H,5-7H2,1-4H3,(H,14,17)(H,15,18)(H,16,19)(H,20,21). The minimum atomic E-state index is -1.84. The van der Waals surface area contributed by atoms with E-state index in [9.17, 15) is 24.3 Å². The highest BCUT2D eigenvalue weighted by atomic mass is 16.4. The first-order chi connectivity index (χ1) is 9.67. The molecule has 0 saturated carbocycles. The highest BCUT2D eigenvalue weighted by Crippen LogP contribution is 2.11. The number of nitrogens with one attached hydrogen (secondary N) is 3. The highest BCUT2D eigenvalue weighted by Gasteiger charge is 2.44. The van der Waals surface area contributed by atoms with Crippen LogP contribution in [0.15, 0.2) is 0 Å². The molecule has 0 aliphatic carbocycles. The van der Waals surface area contributed by atoms with E-state index in [1.54, 1.807) is 13.8 Å². The van der Waals surface area contributed by atoms with Gasteiger partial charge >= 0.3 is 5.97 Å². The van der Waals surface area contributed by atoms with Crippen LogP contribution < -0.4 is 16.0 Å². The normalized spacial score (nSPS) is 14.5. The van der Waals surface area contributed by atoms with Gasteiger partial charge in [-0.2, -0.15) is 0 Å². The minimum Gasteiger partial charge on any atom is -0.479 e. The lowest BCUT2D eigenvalue weighted by Crippen LogP contribution is -2.70. The van der Waals surface area contributed by atoms with E-state index < -0.39 is 35.4 Å². The van der Waals surface area contributed by atoms with Gasteiger partial charge in [0.05, 0.1) is 0 Å². The Labute approximate surface area is 123 Å². The second kappa shape index (κ2) is 8.23. The van der Waals surface area contributed by atoms with Crippen LogP contribution in [0.3, 0.4) is 0 Å². The number of carbonyl (C=O) groups excluding carboxylic acids is 3. The van der Waals surface area contributed by atoms with Gasteiger partial charge in [0.25, 0.3) is 0 Å². The van der Waals surface area contributed by atoms with E-state index in [1.807, 2.05) is 0 Å². The molecule has 8 nitrogen and oxygen atoms in total. The fourth-order valence-corrected chi connectivity index (χ4v) is 1.62. The van der Waals surface area contributed by atoms with Crippen molar-refractivity contribution in [2.45, 2.75) is 58.7 Å². The maximum Gasteiger partial charge on any atom is 0.333 e. The van der Waals surface area contributed by atoms with Crippen molar-refractivity contribution in [1.29, 1.82) is 0 Å². The third-order valence-corrected chi connectivity index (χ3v) is 2.87. The van der Waals surface area contributed by atoms with Gasteiger partial charge in [-0.15, -0.1) is 0 Å². The zero-order chi connectivity index (χ0) is 16.6. The monoisotopic (exact) mass is 301 g/mol. The molecule has 120 valence electrons. The SMILES string of the molecule is CCCC(=O)NC(C)(C(=O)O)C(NC(C)=O)NC(=O)CC. The Morgan fingerprint density at radius 2 is 1.67 bits per heavy atom. The third kappa shape index (κ3) is 5.80. The molecule has 0 bridgehead atoms. The second-order valence-corrected chi connectivity index (χ2v) is 4.86. The number of carboxylic acids is 1. The van der Waals surface area contributed by atoms with Gasteiger partial charge in [0, 0.05) is 19.8 Å². The van der Waals surface area contributed by atoms with Crippen molar-refractivity contribution >= 4 is 23.7 Å². The van der Waals surface area contributed by atoms with Gasteiger partial charge in [0.2, 0.25) is 17.7 Å². The molecule has 0 aliphatic rings. The molecule has 2 atom stereocenters. The Kier molecular flexibility index (Phi) is 7.40. The summed E-state index contributed by atoms with van der Waals surface area (Å²) in [5.74, 6) is -2.79. The van der Waals surface area contributed by atoms with Crippen LogP contribution in [0.2, 0.25) is 0 Å². The topological polar surface area (TPSA) is 125 Å². The van der Waals surface area contributed by atoms with Crippen molar-refractivity contribution in [2.75, 3.05) is 0 Å². The predicted octanol–water partition coefficient (Wildman–Crippen LogP) is -0.266. The van der Waals surface area contributed by atoms with Gasteiger partial charge in [0.15, 0.2) is 5.54 Å². The summed E-state index contributed by atoms with van der Waals surface area (Å²) in [5.41, 5.74) is -1.84. The van der Waals surface area contributed by atoms with Gasteiger partial charge in [-0.1, -0.05) is 13.8 Å². The second-order valence-electron chi connectivity index (χ2n) is 4.86. The zero-order valence-corrected chi connectivity index (χ0v) is 12.8. The molecule has 0 radical (unpaired) electrons. The molecule has 0 aromatic heterocycles. The fourth-order valence-electron chi connectivity index (χ4n) is 1.62. The Balaban J connectivity index is 5.36. The lowest BCUT2D eigenvalue weighted by Gasteiger charge is -2.35. The summed E-state index contributed by atoms with van der Waals surface area (Å²) in [5, 5.41) is 16.5. The number of hydrogen-bond donors (Lipinski definition) is 4. The number of rotatable bonds is 8.